The number of aryl methyl sites for hydroxylation is 1. The fourth-order valence-corrected chi connectivity index (χ4v) is 5.97. The summed E-state index contributed by atoms with van der Waals surface area (Å²) >= 11 is 0. The Morgan fingerprint density at radius 3 is 2.43 bits per heavy atom. The number of fused-ring (bicyclic) bond motifs is 2. The predicted molar refractivity (Wildman–Crippen MR) is 110 cm³/mol. The summed E-state index contributed by atoms with van der Waals surface area (Å²) in [6.07, 6.45) is 0. The fourth-order valence-electron chi connectivity index (χ4n) is 3.52. The van der Waals surface area contributed by atoms with E-state index >= 15 is 0 Å². The molecule has 1 amide bonds. The smallest absolute Gasteiger partial charge is 0.269 e. The number of rotatable bonds is 5. The average Bonchev–Trinajstić information content (AvgIpc) is 3.15. The van der Waals surface area contributed by atoms with Crippen molar-refractivity contribution in [1.82, 2.24) is 18.2 Å². The summed E-state index contributed by atoms with van der Waals surface area (Å²) in [5.41, 5.74) is 1.21. The van der Waals surface area contributed by atoms with E-state index in [4.69, 9.17) is 0 Å². The van der Waals surface area contributed by atoms with E-state index in [0.717, 1.165) is 8.61 Å². The van der Waals surface area contributed by atoms with Crippen molar-refractivity contribution in [3.05, 3.63) is 53.9 Å². The second-order valence-corrected chi connectivity index (χ2v) is 11.0. The van der Waals surface area contributed by atoms with E-state index in [1.807, 2.05) is 6.92 Å². The number of aromatic nitrogens is 2. The van der Waals surface area contributed by atoms with E-state index in [2.05, 4.69) is 4.98 Å². The number of benzene rings is 2. The Labute approximate surface area is 174 Å². The molecule has 0 spiro atoms. The van der Waals surface area contributed by atoms with Gasteiger partial charge < -0.3 is 4.57 Å². The van der Waals surface area contributed by atoms with Crippen LogP contribution in [0, 0.1) is 0 Å². The fraction of sp³-hybridized carbons (Fsp3) is 0.263. The molecule has 158 valence electrons. The summed E-state index contributed by atoms with van der Waals surface area (Å²) in [5, 5.41) is 0. The molecule has 9 nitrogen and oxygen atoms in total. The summed E-state index contributed by atoms with van der Waals surface area (Å²) in [6, 6.07) is 10.7. The molecule has 0 radical (unpaired) electrons. The minimum absolute atomic E-state index is 0.0199. The Morgan fingerprint density at radius 1 is 1.10 bits per heavy atom. The number of carbonyl (C=O) groups is 1. The van der Waals surface area contributed by atoms with Crippen molar-refractivity contribution in [3.63, 3.8) is 0 Å². The maximum atomic E-state index is 12.9. The van der Waals surface area contributed by atoms with Gasteiger partial charge >= 0.3 is 0 Å². The molecule has 0 saturated heterocycles. The number of amides is 1. The topological polar surface area (TPSA) is 110 Å². The first-order valence-corrected chi connectivity index (χ1v) is 12.0. The quantitative estimate of drug-likeness (QED) is 0.587. The van der Waals surface area contributed by atoms with E-state index in [0.29, 0.717) is 23.4 Å². The zero-order chi connectivity index (χ0) is 21.8. The third-order valence-corrected chi connectivity index (χ3v) is 8.69. The standard InChI is InChI=1S/C19H20N4O5S2/c1-4-22-16-10-9-13(29(25,26)21(2)3)11-15(16)20-18(22)12-23-19(24)14-7-5-6-8-17(14)30(23,27)28/h5-11H,4,12H2,1-3H3. The van der Waals surface area contributed by atoms with Crippen LogP contribution in [0.5, 0.6) is 0 Å². The minimum atomic E-state index is -3.97. The largest absolute Gasteiger partial charge is 0.327 e. The summed E-state index contributed by atoms with van der Waals surface area (Å²) < 4.78 is 54.3. The number of sulfonamides is 2. The number of nitrogens with zero attached hydrogens (tertiary/aromatic N) is 4. The van der Waals surface area contributed by atoms with Crippen molar-refractivity contribution >= 4 is 37.0 Å². The Kier molecular flexibility index (Phi) is 4.71. The molecule has 30 heavy (non-hydrogen) atoms. The van der Waals surface area contributed by atoms with E-state index in [-0.39, 0.29) is 21.9 Å². The molecular formula is C19H20N4O5S2. The molecule has 1 aliphatic rings. The van der Waals surface area contributed by atoms with Gasteiger partial charge in [-0.3, -0.25) is 4.79 Å². The Bertz CT molecular complexity index is 1390. The molecule has 0 unspecified atom stereocenters. The van der Waals surface area contributed by atoms with Gasteiger partial charge in [-0.1, -0.05) is 12.1 Å². The van der Waals surface area contributed by atoms with Gasteiger partial charge in [-0.25, -0.2) is 30.4 Å². The third-order valence-electron chi connectivity index (χ3n) is 5.09. The van der Waals surface area contributed by atoms with Crippen LogP contribution in [0.3, 0.4) is 0 Å². The molecule has 2 aromatic carbocycles. The predicted octanol–water partition coefficient (Wildman–Crippen LogP) is 1.65. The normalized spacial score (nSPS) is 15.9. The molecule has 3 aromatic rings. The van der Waals surface area contributed by atoms with Gasteiger partial charge in [0.05, 0.1) is 28.0 Å². The lowest BCUT2D eigenvalue weighted by atomic mass is 10.2. The highest BCUT2D eigenvalue weighted by Crippen LogP contribution is 2.32. The lowest BCUT2D eigenvalue weighted by Gasteiger charge is -2.15. The van der Waals surface area contributed by atoms with Crippen LogP contribution < -0.4 is 0 Å². The van der Waals surface area contributed by atoms with Gasteiger partial charge in [0.25, 0.3) is 15.9 Å². The molecule has 11 heteroatoms. The lowest BCUT2D eigenvalue weighted by Crippen LogP contribution is -2.30. The Hall–Kier alpha value is -2.76. The first kappa shape index (κ1) is 20.5. The van der Waals surface area contributed by atoms with Crippen molar-refractivity contribution < 1.29 is 21.6 Å². The van der Waals surface area contributed by atoms with Gasteiger partial charge in [0.15, 0.2) is 0 Å². The monoisotopic (exact) mass is 448 g/mol. The molecule has 0 saturated carbocycles. The van der Waals surface area contributed by atoms with Crippen LogP contribution in [0.4, 0.5) is 0 Å². The maximum Gasteiger partial charge on any atom is 0.269 e. The van der Waals surface area contributed by atoms with Crippen LogP contribution in [0.15, 0.2) is 52.3 Å². The molecule has 0 atom stereocenters. The Morgan fingerprint density at radius 2 is 1.80 bits per heavy atom. The van der Waals surface area contributed by atoms with Gasteiger partial charge in [-0.2, -0.15) is 0 Å². The van der Waals surface area contributed by atoms with Crippen molar-refractivity contribution in [2.45, 2.75) is 29.8 Å². The minimum Gasteiger partial charge on any atom is -0.327 e. The van der Waals surface area contributed by atoms with E-state index in [1.54, 1.807) is 22.8 Å². The van der Waals surface area contributed by atoms with Crippen LogP contribution >= 0.6 is 0 Å². The van der Waals surface area contributed by atoms with Crippen LogP contribution in [-0.4, -0.2) is 55.0 Å². The lowest BCUT2D eigenvalue weighted by molar-refractivity contribution is 0.0862. The molecule has 0 N–H and O–H groups in total. The molecule has 1 aliphatic heterocycles. The Balaban J connectivity index is 1.80. The molecular weight excluding hydrogens is 428 g/mol. The van der Waals surface area contributed by atoms with Crippen molar-refractivity contribution in [3.8, 4) is 0 Å². The molecule has 0 aliphatic carbocycles. The first-order valence-electron chi connectivity index (χ1n) is 9.17. The van der Waals surface area contributed by atoms with E-state index < -0.39 is 26.0 Å². The first-order chi connectivity index (χ1) is 14.1. The highest BCUT2D eigenvalue weighted by Gasteiger charge is 2.41. The summed E-state index contributed by atoms with van der Waals surface area (Å²) in [5.74, 6) is -0.243. The second kappa shape index (κ2) is 6.89. The SMILES string of the molecule is CCn1c(CN2C(=O)c3ccccc3S2(=O)=O)nc2cc(S(=O)(=O)N(C)C)ccc21. The number of hydrogen-bond donors (Lipinski definition) is 0. The van der Waals surface area contributed by atoms with Crippen LogP contribution in [-0.2, 0) is 33.1 Å². The number of imidazole rings is 1. The zero-order valence-electron chi connectivity index (χ0n) is 16.6. The third kappa shape index (κ3) is 2.92. The highest BCUT2D eigenvalue weighted by atomic mass is 32.2. The number of carbonyl (C=O) groups excluding carboxylic acids is 1. The van der Waals surface area contributed by atoms with Gasteiger partial charge in [0.2, 0.25) is 10.0 Å². The molecule has 0 bridgehead atoms. The van der Waals surface area contributed by atoms with Crippen LogP contribution in [0.1, 0.15) is 23.1 Å². The molecule has 0 fully saturated rings. The van der Waals surface area contributed by atoms with Gasteiger partial charge in [-0.15, -0.1) is 0 Å². The average molecular weight is 449 g/mol. The van der Waals surface area contributed by atoms with Gasteiger partial charge in [0, 0.05) is 20.6 Å². The van der Waals surface area contributed by atoms with E-state index in [1.165, 1.54) is 38.4 Å². The summed E-state index contributed by atoms with van der Waals surface area (Å²) in [7, 11) is -4.73. The molecule has 2 heterocycles. The van der Waals surface area contributed by atoms with Crippen molar-refractivity contribution in [2.24, 2.45) is 0 Å². The zero-order valence-corrected chi connectivity index (χ0v) is 18.2. The summed E-state index contributed by atoms with van der Waals surface area (Å²) in [6.45, 7) is 2.10. The van der Waals surface area contributed by atoms with Crippen molar-refractivity contribution in [1.29, 1.82) is 0 Å². The number of hydrogen-bond acceptors (Lipinski definition) is 6. The van der Waals surface area contributed by atoms with E-state index in [9.17, 15) is 21.6 Å². The molecule has 4 rings (SSSR count). The molecule has 1 aromatic heterocycles. The summed E-state index contributed by atoms with van der Waals surface area (Å²) in [4.78, 5) is 17.2. The van der Waals surface area contributed by atoms with Crippen molar-refractivity contribution in [2.75, 3.05) is 14.1 Å². The second-order valence-electron chi connectivity index (χ2n) is 7.02. The van der Waals surface area contributed by atoms with Gasteiger partial charge in [-0.05, 0) is 37.3 Å². The van der Waals surface area contributed by atoms with Crippen LogP contribution in [0.25, 0.3) is 11.0 Å². The maximum absolute atomic E-state index is 12.9. The highest BCUT2D eigenvalue weighted by molar-refractivity contribution is 7.90. The van der Waals surface area contributed by atoms with Crippen LogP contribution in [0.2, 0.25) is 0 Å². The van der Waals surface area contributed by atoms with Gasteiger partial charge in [0.1, 0.15) is 10.7 Å².